The lowest BCUT2D eigenvalue weighted by atomic mass is 10.2. The number of alkyl carbamates (subject to hydrolysis) is 1. The Morgan fingerprint density at radius 1 is 1.54 bits per heavy atom. The van der Waals surface area contributed by atoms with Gasteiger partial charge in [-0.15, -0.1) is 0 Å². The molecule has 1 amide bonds. The summed E-state index contributed by atoms with van der Waals surface area (Å²) in [6.07, 6.45) is 0.555. The van der Waals surface area contributed by atoms with Crippen molar-refractivity contribution < 1.29 is 14.8 Å². The smallest absolute Gasteiger partial charge is 0.407 e. The molecule has 0 saturated heterocycles. The first-order chi connectivity index (χ1) is 5.95. The maximum atomic E-state index is 11.1. The van der Waals surface area contributed by atoms with E-state index in [0.29, 0.717) is 6.54 Å². The van der Waals surface area contributed by atoms with E-state index in [1.165, 1.54) is 0 Å². The number of carbonyl (C=O) groups is 1. The van der Waals surface area contributed by atoms with E-state index in [-0.39, 0.29) is 6.09 Å². The van der Waals surface area contributed by atoms with E-state index >= 15 is 0 Å². The molecule has 0 fully saturated rings. The molecule has 0 atom stereocenters. The van der Waals surface area contributed by atoms with E-state index in [4.69, 9.17) is 4.74 Å². The van der Waals surface area contributed by atoms with Crippen molar-refractivity contribution in [3.8, 4) is 0 Å². The molecule has 4 nitrogen and oxygen atoms in total. The Bertz CT molecular complexity index is 152. The molecule has 0 saturated carbocycles. The van der Waals surface area contributed by atoms with Crippen molar-refractivity contribution in [2.75, 3.05) is 13.1 Å². The van der Waals surface area contributed by atoms with Gasteiger partial charge in [0, 0.05) is 13.0 Å². The Morgan fingerprint density at radius 3 is 2.62 bits per heavy atom. The highest BCUT2D eigenvalue weighted by atomic mass is 16.6. The highest BCUT2D eigenvalue weighted by molar-refractivity contribution is 5.67. The second-order valence-corrected chi connectivity index (χ2v) is 3.86. The van der Waals surface area contributed by atoms with Crippen molar-refractivity contribution in [2.45, 2.75) is 32.8 Å². The number of carbonyl (C=O) groups excluding carboxylic acids is 1. The van der Waals surface area contributed by atoms with Crippen LogP contribution in [0, 0.1) is 7.05 Å². The van der Waals surface area contributed by atoms with Gasteiger partial charge < -0.3 is 15.4 Å². The second kappa shape index (κ2) is 5.80. The average molecular weight is 188 g/mol. The molecule has 0 aromatic rings. The molecule has 3 N–H and O–H groups in total. The normalized spacial score (nSPS) is 11.1. The fourth-order valence-corrected chi connectivity index (χ4v) is 0.751. The Balaban J connectivity index is 3.41. The summed E-state index contributed by atoms with van der Waals surface area (Å²) in [4.78, 5) is 11.1. The number of rotatable bonds is 4. The van der Waals surface area contributed by atoms with Gasteiger partial charge in [0.2, 0.25) is 0 Å². The van der Waals surface area contributed by atoms with Crippen LogP contribution in [-0.2, 0) is 4.74 Å². The molecule has 0 radical (unpaired) electrons. The number of hydrogen-bond acceptors (Lipinski definition) is 2. The lowest BCUT2D eigenvalue weighted by Gasteiger charge is -2.19. The topological polar surface area (TPSA) is 54.9 Å². The molecule has 0 aliphatic heterocycles. The van der Waals surface area contributed by atoms with Gasteiger partial charge in [-0.05, 0) is 20.8 Å². The average Bonchev–Trinajstić information content (AvgIpc) is 1.94. The van der Waals surface area contributed by atoms with E-state index < -0.39 is 5.60 Å². The van der Waals surface area contributed by atoms with Gasteiger partial charge in [-0.2, -0.15) is 7.05 Å². The zero-order chi connectivity index (χ0) is 10.3. The van der Waals surface area contributed by atoms with Crippen LogP contribution in [-0.4, -0.2) is 24.8 Å². The minimum atomic E-state index is -0.414. The second-order valence-electron chi connectivity index (χ2n) is 3.86. The van der Waals surface area contributed by atoms with Gasteiger partial charge in [0.15, 0.2) is 0 Å². The lowest BCUT2D eigenvalue weighted by molar-refractivity contribution is -0.595. The predicted octanol–water partition coefficient (Wildman–Crippen LogP) is 0.256. The number of hydrogen-bond donors (Lipinski definition) is 2. The Hall–Kier alpha value is -0.770. The van der Waals surface area contributed by atoms with Crippen molar-refractivity contribution in [3.05, 3.63) is 7.05 Å². The van der Waals surface area contributed by atoms with Crippen LogP contribution in [0.5, 0.6) is 0 Å². The molecule has 0 aliphatic carbocycles. The molecule has 0 rings (SSSR count). The van der Waals surface area contributed by atoms with Crippen LogP contribution in [0.4, 0.5) is 4.79 Å². The molecule has 0 bridgehead atoms. The van der Waals surface area contributed by atoms with Crippen molar-refractivity contribution in [1.82, 2.24) is 5.32 Å². The van der Waals surface area contributed by atoms with E-state index in [1.807, 2.05) is 26.1 Å². The largest absolute Gasteiger partial charge is 0.479 e. The van der Waals surface area contributed by atoms with Crippen LogP contribution in [0.25, 0.3) is 0 Å². The number of amides is 1. The van der Waals surface area contributed by atoms with Gasteiger partial charge in [-0.1, -0.05) is 0 Å². The molecular weight excluding hydrogens is 168 g/mol. The molecule has 13 heavy (non-hydrogen) atoms. The molecule has 78 valence electrons. The summed E-state index contributed by atoms with van der Waals surface area (Å²) in [7, 11) is 3.59. The zero-order valence-corrected chi connectivity index (χ0v) is 8.72. The molecule has 0 unspecified atom stereocenters. The van der Waals surface area contributed by atoms with Crippen LogP contribution in [0.15, 0.2) is 0 Å². The fraction of sp³-hybridized carbons (Fsp3) is 0.778. The van der Waals surface area contributed by atoms with Crippen molar-refractivity contribution >= 4 is 6.09 Å². The summed E-state index contributed by atoms with van der Waals surface area (Å²) in [5.74, 6) is 0. The van der Waals surface area contributed by atoms with Crippen molar-refractivity contribution in [2.24, 2.45) is 0 Å². The minimum absolute atomic E-state index is 0.350. The first kappa shape index (κ1) is 12.2. The SMILES string of the molecule is [CH2-][NH2+]CCCNC(=O)OC(C)(C)C. The van der Waals surface area contributed by atoms with Gasteiger partial charge in [-0.25, -0.2) is 4.79 Å². The van der Waals surface area contributed by atoms with E-state index in [1.54, 1.807) is 0 Å². The zero-order valence-electron chi connectivity index (χ0n) is 8.72. The summed E-state index contributed by atoms with van der Waals surface area (Å²) in [5, 5.41) is 4.50. The van der Waals surface area contributed by atoms with Gasteiger partial charge in [0.05, 0.1) is 6.54 Å². The summed E-state index contributed by atoms with van der Waals surface area (Å²) in [6, 6.07) is 0. The number of ether oxygens (including phenoxy) is 1. The lowest BCUT2D eigenvalue weighted by Crippen LogP contribution is -2.77. The van der Waals surface area contributed by atoms with Gasteiger partial charge in [0.1, 0.15) is 5.60 Å². The standard InChI is InChI=1S/C9H20N2O2/c1-9(2,3)13-8(12)11-7-5-6-10-4/h4-7,10H2,1-3H3,(H,11,12). The third-order valence-electron chi connectivity index (χ3n) is 1.25. The number of nitrogens with one attached hydrogen (secondary N) is 1. The van der Waals surface area contributed by atoms with Crippen LogP contribution >= 0.6 is 0 Å². The molecule has 0 aliphatic rings. The quantitative estimate of drug-likeness (QED) is 0.491. The third-order valence-corrected chi connectivity index (χ3v) is 1.25. The number of nitrogens with two attached hydrogens (primary N) is 1. The van der Waals surface area contributed by atoms with Crippen LogP contribution in [0.3, 0.4) is 0 Å². The van der Waals surface area contributed by atoms with Crippen LogP contribution in [0.2, 0.25) is 0 Å². The first-order valence-electron chi connectivity index (χ1n) is 4.53. The Kier molecular flexibility index (Phi) is 5.46. The summed E-state index contributed by atoms with van der Waals surface area (Å²) < 4.78 is 5.04. The first-order valence-corrected chi connectivity index (χ1v) is 4.53. The van der Waals surface area contributed by atoms with Crippen LogP contribution < -0.4 is 10.6 Å². The van der Waals surface area contributed by atoms with Crippen molar-refractivity contribution in [1.29, 1.82) is 0 Å². The Morgan fingerprint density at radius 2 is 2.15 bits per heavy atom. The Labute approximate surface area is 80.0 Å². The van der Waals surface area contributed by atoms with Crippen molar-refractivity contribution in [3.63, 3.8) is 0 Å². The van der Waals surface area contributed by atoms with E-state index in [2.05, 4.69) is 12.4 Å². The van der Waals surface area contributed by atoms with Gasteiger partial charge in [0.25, 0.3) is 0 Å². The third kappa shape index (κ3) is 9.14. The molecule has 0 aromatic carbocycles. The highest BCUT2D eigenvalue weighted by Crippen LogP contribution is 2.05. The predicted molar refractivity (Wildman–Crippen MR) is 51.0 cm³/mol. The molecule has 0 aromatic heterocycles. The maximum absolute atomic E-state index is 11.1. The molecule has 0 heterocycles. The molecule has 4 heteroatoms. The highest BCUT2D eigenvalue weighted by Gasteiger charge is 2.15. The summed E-state index contributed by atoms with van der Waals surface area (Å²) in [5.41, 5.74) is -0.414. The minimum Gasteiger partial charge on any atom is -0.479 e. The van der Waals surface area contributed by atoms with E-state index in [0.717, 1.165) is 13.0 Å². The van der Waals surface area contributed by atoms with Gasteiger partial charge >= 0.3 is 6.09 Å². The molecule has 0 spiro atoms. The summed E-state index contributed by atoms with van der Waals surface area (Å²) in [6.45, 7) is 7.08. The van der Waals surface area contributed by atoms with Crippen LogP contribution in [0.1, 0.15) is 27.2 Å². The summed E-state index contributed by atoms with van der Waals surface area (Å²) >= 11 is 0. The fourth-order valence-electron chi connectivity index (χ4n) is 0.751. The van der Waals surface area contributed by atoms with E-state index in [9.17, 15) is 4.79 Å². The number of quaternary nitrogens is 1. The maximum Gasteiger partial charge on any atom is 0.407 e. The van der Waals surface area contributed by atoms with Gasteiger partial charge in [-0.3, -0.25) is 0 Å². The monoisotopic (exact) mass is 188 g/mol. The molecular formula is C9H20N2O2.